The molecule has 0 aliphatic carbocycles. The second kappa shape index (κ2) is 16.2. The van der Waals surface area contributed by atoms with Gasteiger partial charge in [0.25, 0.3) is 0 Å². The third kappa shape index (κ3) is 18.7. The molecule has 3 nitrogen and oxygen atoms in total. The number of carboxylic acids is 1. The molecule has 0 radical (unpaired) electrons. The van der Waals surface area contributed by atoms with Crippen molar-refractivity contribution in [3.63, 3.8) is 0 Å². The van der Waals surface area contributed by atoms with E-state index in [-0.39, 0.29) is 36.0 Å². The van der Waals surface area contributed by atoms with Crippen LogP contribution in [0, 0.1) is 0 Å². The SMILES string of the molecule is CCCCCCCC=CCNCCC(=O)[O-].[Na+]. The summed E-state index contributed by atoms with van der Waals surface area (Å²) in [7, 11) is 0. The number of carbonyl (C=O) groups excluding carboxylic acids is 1. The molecular weight excluding hydrogens is 225 g/mol. The molecule has 0 aliphatic heterocycles. The minimum Gasteiger partial charge on any atom is -0.550 e. The third-order valence-corrected chi connectivity index (χ3v) is 2.41. The summed E-state index contributed by atoms with van der Waals surface area (Å²) in [6.45, 7) is 3.46. The van der Waals surface area contributed by atoms with Gasteiger partial charge in [0.15, 0.2) is 0 Å². The van der Waals surface area contributed by atoms with Crippen LogP contribution in [-0.2, 0) is 4.79 Å². The Morgan fingerprint density at radius 3 is 2.53 bits per heavy atom. The van der Waals surface area contributed by atoms with Gasteiger partial charge < -0.3 is 15.2 Å². The Hall–Kier alpha value is 0.170. The normalized spacial score (nSPS) is 10.4. The Morgan fingerprint density at radius 1 is 1.18 bits per heavy atom. The number of hydrogen-bond donors (Lipinski definition) is 1. The third-order valence-electron chi connectivity index (χ3n) is 2.41. The molecule has 0 fully saturated rings. The zero-order chi connectivity index (χ0) is 12.1. The Labute approximate surface area is 127 Å². The number of nitrogens with one attached hydrogen (secondary N) is 1. The first-order valence-electron chi connectivity index (χ1n) is 6.33. The van der Waals surface area contributed by atoms with Gasteiger partial charge in [-0.2, -0.15) is 0 Å². The van der Waals surface area contributed by atoms with Crippen molar-refractivity contribution in [3.05, 3.63) is 12.2 Å². The maximum atomic E-state index is 10.1. The molecule has 4 heteroatoms. The zero-order valence-electron chi connectivity index (χ0n) is 11.3. The molecular formula is C13H24NNaO2. The molecule has 94 valence electrons. The predicted octanol–water partition coefficient (Wildman–Crippen LogP) is -1.36. The van der Waals surface area contributed by atoms with Gasteiger partial charge in [0.2, 0.25) is 0 Å². The van der Waals surface area contributed by atoms with Crippen molar-refractivity contribution in [3.8, 4) is 0 Å². The van der Waals surface area contributed by atoms with Crippen LogP contribution in [-0.4, -0.2) is 19.1 Å². The summed E-state index contributed by atoms with van der Waals surface area (Å²) in [4.78, 5) is 10.1. The van der Waals surface area contributed by atoms with Crippen molar-refractivity contribution in [2.45, 2.75) is 51.9 Å². The van der Waals surface area contributed by atoms with Crippen LogP contribution in [0.15, 0.2) is 12.2 Å². The summed E-state index contributed by atoms with van der Waals surface area (Å²) in [5, 5.41) is 13.1. The molecule has 0 unspecified atom stereocenters. The van der Waals surface area contributed by atoms with Gasteiger partial charge in [-0.05, 0) is 19.3 Å². The number of allylic oxidation sites excluding steroid dienone is 1. The van der Waals surface area contributed by atoms with Gasteiger partial charge in [0, 0.05) is 19.1 Å². The molecule has 0 aromatic carbocycles. The second-order valence-electron chi connectivity index (χ2n) is 4.00. The zero-order valence-corrected chi connectivity index (χ0v) is 13.3. The summed E-state index contributed by atoms with van der Waals surface area (Å²) in [5.74, 6) is -0.993. The molecule has 0 bridgehead atoms. The van der Waals surface area contributed by atoms with Crippen LogP contribution >= 0.6 is 0 Å². The topological polar surface area (TPSA) is 52.2 Å². The molecule has 0 atom stereocenters. The van der Waals surface area contributed by atoms with Crippen molar-refractivity contribution in [1.29, 1.82) is 0 Å². The summed E-state index contributed by atoms with van der Waals surface area (Å²) in [5.41, 5.74) is 0. The summed E-state index contributed by atoms with van der Waals surface area (Å²) >= 11 is 0. The largest absolute Gasteiger partial charge is 1.00 e. The molecule has 0 aromatic rings. The number of carboxylic acid groups (broad SMARTS) is 1. The molecule has 0 aromatic heterocycles. The molecule has 0 saturated heterocycles. The molecule has 0 rings (SSSR count). The van der Waals surface area contributed by atoms with Crippen molar-refractivity contribution < 1.29 is 39.5 Å². The van der Waals surface area contributed by atoms with E-state index in [1.54, 1.807) is 0 Å². The van der Waals surface area contributed by atoms with Crippen LogP contribution in [0.4, 0.5) is 0 Å². The van der Waals surface area contributed by atoms with Crippen LogP contribution in [0.25, 0.3) is 0 Å². The quantitative estimate of drug-likeness (QED) is 0.279. The van der Waals surface area contributed by atoms with Gasteiger partial charge >= 0.3 is 29.6 Å². The molecule has 0 spiro atoms. The van der Waals surface area contributed by atoms with Crippen LogP contribution in [0.1, 0.15) is 51.9 Å². The van der Waals surface area contributed by atoms with Gasteiger partial charge in [0.05, 0.1) is 0 Å². The van der Waals surface area contributed by atoms with Gasteiger partial charge in [-0.3, -0.25) is 0 Å². The number of rotatable bonds is 11. The minimum atomic E-state index is -0.993. The predicted molar refractivity (Wildman–Crippen MR) is 65.0 cm³/mol. The fourth-order valence-electron chi connectivity index (χ4n) is 1.44. The fourth-order valence-corrected chi connectivity index (χ4v) is 1.44. The van der Waals surface area contributed by atoms with E-state index < -0.39 is 5.97 Å². The molecule has 0 saturated carbocycles. The maximum Gasteiger partial charge on any atom is 1.00 e. The Bertz CT molecular complexity index is 196. The molecule has 17 heavy (non-hydrogen) atoms. The van der Waals surface area contributed by atoms with Crippen molar-refractivity contribution >= 4 is 5.97 Å². The smallest absolute Gasteiger partial charge is 0.550 e. The Morgan fingerprint density at radius 2 is 1.88 bits per heavy atom. The Balaban J connectivity index is 0. The van der Waals surface area contributed by atoms with Gasteiger partial charge in [-0.1, -0.05) is 44.8 Å². The van der Waals surface area contributed by atoms with Crippen molar-refractivity contribution in [2.24, 2.45) is 0 Å². The van der Waals surface area contributed by atoms with Gasteiger partial charge in [0.1, 0.15) is 0 Å². The second-order valence-corrected chi connectivity index (χ2v) is 4.00. The van der Waals surface area contributed by atoms with Gasteiger partial charge in [-0.15, -0.1) is 0 Å². The van der Waals surface area contributed by atoms with E-state index in [9.17, 15) is 9.90 Å². The molecule has 0 aliphatic rings. The van der Waals surface area contributed by atoms with E-state index in [2.05, 4.69) is 24.4 Å². The fraction of sp³-hybridized carbons (Fsp3) is 0.769. The average Bonchev–Trinajstić information content (AvgIpc) is 2.25. The molecule has 0 heterocycles. The van der Waals surface area contributed by atoms with E-state index in [4.69, 9.17) is 0 Å². The van der Waals surface area contributed by atoms with Crippen molar-refractivity contribution in [2.75, 3.05) is 13.1 Å². The number of hydrogen-bond acceptors (Lipinski definition) is 3. The van der Waals surface area contributed by atoms with E-state index >= 15 is 0 Å². The van der Waals surface area contributed by atoms with Crippen LogP contribution in [0.3, 0.4) is 0 Å². The first kappa shape index (κ1) is 19.5. The van der Waals surface area contributed by atoms with Gasteiger partial charge in [-0.25, -0.2) is 0 Å². The van der Waals surface area contributed by atoms with Crippen molar-refractivity contribution in [1.82, 2.24) is 5.32 Å². The van der Waals surface area contributed by atoms with E-state index in [0.717, 1.165) is 13.0 Å². The average molecular weight is 249 g/mol. The van der Waals surface area contributed by atoms with Crippen LogP contribution < -0.4 is 40.0 Å². The Kier molecular flexibility index (Phi) is 18.6. The summed E-state index contributed by atoms with van der Waals surface area (Å²) in [6, 6.07) is 0. The van der Waals surface area contributed by atoms with E-state index in [0.29, 0.717) is 6.54 Å². The number of carbonyl (C=O) groups is 1. The summed E-state index contributed by atoms with van der Waals surface area (Å²) < 4.78 is 0. The maximum absolute atomic E-state index is 10.1. The number of unbranched alkanes of at least 4 members (excludes halogenated alkanes) is 5. The monoisotopic (exact) mass is 249 g/mol. The molecule has 0 amide bonds. The van der Waals surface area contributed by atoms with E-state index in [1.807, 2.05) is 0 Å². The first-order chi connectivity index (χ1) is 7.77. The van der Waals surface area contributed by atoms with Crippen LogP contribution in [0.5, 0.6) is 0 Å². The number of aliphatic carboxylic acids is 1. The minimum absolute atomic E-state index is 0. The standard InChI is InChI=1S/C13H25NO2.Na/c1-2-3-4-5-6-7-8-9-11-14-12-10-13(15)16;/h8-9,14H,2-7,10-12H2,1H3,(H,15,16);/q;+1/p-1. The van der Waals surface area contributed by atoms with E-state index in [1.165, 1.54) is 32.1 Å². The van der Waals surface area contributed by atoms with Crippen LogP contribution in [0.2, 0.25) is 0 Å². The summed E-state index contributed by atoms with van der Waals surface area (Å²) in [6.07, 6.45) is 12.0. The first-order valence-corrected chi connectivity index (χ1v) is 6.33. The molecule has 1 N–H and O–H groups in total.